The summed E-state index contributed by atoms with van der Waals surface area (Å²) < 4.78 is 29.4. The van der Waals surface area contributed by atoms with E-state index in [9.17, 15) is 13.2 Å². The summed E-state index contributed by atoms with van der Waals surface area (Å²) in [6.45, 7) is 1.16. The smallest absolute Gasteiger partial charge is 0.275 e. The zero-order valence-electron chi connectivity index (χ0n) is 6.15. The quantitative estimate of drug-likeness (QED) is 0.552. The largest absolute Gasteiger partial charge is 0.330 e. The van der Waals surface area contributed by atoms with E-state index in [0.717, 1.165) is 6.92 Å². The second kappa shape index (κ2) is 3.80. The van der Waals surface area contributed by atoms with Gasteiger partial charge in [-0.2, -0.15) is 8.42 Å². The Morgan fingerprint density at radius 2 is 2.09 bits per heavy atom. The van der Waals surface area contributed by atoms with Crippen LogP contribution in [0.1, 0.15) is 13.3 Å². The van der Waals surface area contributed by atoms with Gasteiger partial charge in [-0.1, -0.05) is 0 Å². The van der Waals surface area contributed by atoms with Crippen LogP contribution in [-0.2, 0) is 14.9 Å². The van der Waals surface area contributed by atoms with Crippen LogP contribution in [0.25, 0.3) is 0 Å². The second-order valence-electron chi connectivity index (χ2n) is 2.19. The van der Waals surface area contributed by atoms with Crippen molar-refractivity contribution in [1.29, 1.82) is 0 Å². The first-order valence-corrected chi connectivity index (χ1v) is 4.56. The van der Waals surface area contributed by atoms with Crippen molar-refractivity contribution >= 4 is 15.9 Å². The van der Waals surface area contributed by atoms with Gasteiger partial charge in [-0.3, -0.25) is 9.35 Å². The summed E-state index contributed by atoms with van der Waals surface area (Å²) in [5.74, 6) is -0.585. The first-order valence-electron chi connectivity index (χ1n) is 3.06. The van der Waals surface area contributed by atoms with Crippen molar-refractivity contribution in [3.8, 4) is 0 Å². The fraction of sp³-hybridized carbons (Fsp3) is 0.800. The van der Waals surface area contributed by atoms with Crippen LogP contribution in [-0.4, -0.2) is 30.5 Å². The summed E-state index contributed by atoms with van der Waals surface area (Å²) in [6.07, 6.45) is -0.0336. The molecular formula is C5H11NO4S. The normalized spacial score (nSPS) is 14.5. The number of ketones is 1. The Labute approximate surface area is 65.3 Å². The summed E-state index contributed by atoms with van der Waals surface area (Å²) in [6, 6.07) is 0. The van der Waals surface area contributed by atoms with E-state index in [0.29, 0.717) is 0 Å². The van der Waals surface area contributed by atoms with Crippen LogP contribution in [0.4, 0.5) is 0 Å². The first-order chi connectivity index (χ1) is 4.89. The fourth-order valence-corrected chi connectivity index (χ4v) is 1.57. The zero-order valence-corrected chi connectivity index (χ0v) is 6.97. The third-order valence-electron chi connectivity index (χ3n) is 1.24. The van der Waals surface area contributed by atoms with Crippen molar-refractivity contribution in [1.82, 2.24) is 0 Å². The molecule has 0 radical (unpaired) electrons. The van der Waals surface area contributed by atoms with Crippen molar-refractivity contribution < 1.29 is 17.8 Å². The van der Waals surface area contributed by atoms with E-state index in [2.05, 4.69) is 0 Å². The molecule has 0 rings (SSSR count). The Morgan fingerprint density at radius 3 is 2.18 bits per heavy atom. The van der Waals surface area contributed by atoms with Gasteiger partial charge in [0.15, 0.2) is 0 Å². The molecule has 1 unspecified atom stereocenters. The van der Waals surface area contributed by atoms with E-state index in [1.807, 2.05) is 0 Å². The topological polar surface area (TPSA) is 97.5 Å². The number of carbonyl (C=O) groups excluding carboxylic acids is 1. The molecule has 0 aliphatic rings. The van der Waals surface area contributed by atoms with Gasteiger partial charge in [-0.25, -0.2) is 0 Å². The molecule has 0 saturated heterocycles. The highest BCUT2D eigenvalue weighted by atomic mass is 32.2. The van der Waals surface area contributed by atoms with Crippen molar-refractivity contribution in [3.05, 3.63) is 0 Å². The molecule has 0 aromatic carbocycles. The van der Waals surface area contributed by atoms with Crippen molar-refractivity contribution in [3.63, 3.8) is 0 Å². The molecule has 0 aromatic heterocycles. The Kier molecular flexibility index (Phi) is 3.64. The van der Waals surface area contributed by atoms with E-state index in [1.165, 1.54) is 0 Å². The number of hydrogen-bond acceptors (Lipinski definition) is 4. The van der Waals surface area contributed by atoms with Crippen LogP contribution >= 0.6 is 0 Å². The van der Waals surface area contributed by atoms with Gasteiger partial charge in [0.2, 0.25) is 0 Å². The molecule has 0 aliphatic carbocycles. The lowest BCUT2D eigenvalue weighted by molar-refractivity contribution is -0.116. The average molecular weight is 181 g/mol. The molecule has 0 aliphatic heterocycles. The van der Waals surface area contributed by atoms with Crippen LogP contribution < -0.4 is 5.73 Å². The highest BCUT2D eigenvalue weighted by molar-refractivity contribution is 7.87. The maximum Gasteiger partial charge on any atom is 0.275 e. The van der Waals surface area contributed by atoms with Gasteiger partial charge in [0.25, 0.3) is 10.1 Å². The highest BCUT2D eigenvalue weighted by Gasteiger charge is 2.26. The summed E-state index contributed by atoms with van der Waals surface area (Å²) in [5, 5.41) is -1.35. The zero-order chi connectivity index (χ0) is 9.07. The lowest BCUT2D eigenvalue weighted by atomic mass is 10.2. The Hall–Kier alpha value is -0.460. The monoisotopic (exact) mass is 181 g/mol. The molecule has 66 valence electrons. The maximum atomic E-state index is 10.6. The number of rotatable bonds is 4. The summed E-state index contributed by atoms with van der Waals surface area (Å²) in [7, 11) is -4.26. The van der Waals surface area contributed by atoms with Crippen molar-refractivity contribution in [2.45, 2.75) is 18.6 Å². The molecule has 0 amide bonds. The van der Waals surface area contributed by atoms with Crippen molar-refractivity contribution in [2.24, 2.45) is 5.73 Å². The molecule has 0 spiro atoms. The van der Waals surface area contributed by atoms with E-state index in [-0.39, 0.29) is 13.0 Å². The van der Waals surface area contributed by atoms with E-state index < -0.39 is 21.2 Å². The maximum absolute atomic E-state index is 10.6. The molecule has 0 bridgehead atoms. The van der Waals surface area contributed by atoms with Gasteiger partial charge in [-0.05, 0) is 19.9 Å². The molecular weight excluding hydrogens is 170 g/mol. The average Bonchev–Trinajstić information content (AvgIpc) is 1.79. The van der Waals surface area contributed by atoms with Gasteiger partial charge in [0.05, 0.1) is 0 Å². The van der Waals surface area contributed by atoms with Crippen molar-refractivity contribution in [2.75, 3.05) is 6.54 Å². The van der Waals surface area contributed by atoms with Gasteiger partial charge in [0.1, 0.15) is 11.0 Å². The summed E-state index contributed by atoms with van der Waals surface area (Å²) in [5.41, 5.74) is 5.04. The lowest BCUT2D eigenvalue weighted by Crippen LogP contribution is -2.30. The SMILES string of the molecule is CC(=O)C(CCN)S(=O)(=O)O. The van der Waals surface area contributed by atoms with E-state index >= 15 is 0 Å². The van der Waals surface area contributed by atoms with Gasteiger partial charge in [-0.15, -0.1) is 0 Å². The van der Waals surface area contributed by atoms with Crippen LogP contribution in [0.3, 0.4) is 0 Å². The Balaban J connectivity index is 4.49. The van der Waals surface area contributed by atoms with Crippen LogP contribution in [0.5, 0.6) is 0 Å². The standard InChI is InChI=1S/C5H11NO4S/c1-4(7)5(2-3-6)11(8,9)10/h5H,2-3,6H2,1H3,(H,8,9,10). The number of carbonyl (C=O) groups is 1. The van der Waals surface area contributed by atoms with Crippen LogP contribution in [0, 0.1) is 0 Å². The molecule has 0 saturated carbocycles. The Morgan fingerprint density at radius 1 is 1.64 bits per heavy atom. The molecule has 3 N–H and O–H groups in total. The number of nitrogens with two attached hydrogens (primary N) is 1. The van der Waals surface area contributed by atoms with Crippen LogP contribution in [0.15, 0.2) is 0 Å². The Bertz CT molecular complexity index is 233. The molecule has 5 nitrogen and oxygen atoms in total. The fourth-order valence-electron chi connectivity index (χ4n) is 0.713. The molecule has 11 heavy (non-hydrogen) atoms. The molecule has 6 heteroatoms. The predicted octanol–water partition coefficient (Wildman–Crippen LogP) is -0.819. The molecule has 0 heterocycles. The lowest BCUT2D eigenvalue weighted by Gasteiger charge is -2.07. The summed E-state index contributed by atoms with van der Waals surface area (Å²) in [4.78, 5) is 10.6. The number of Topliss-reactive ketones (excluding diaryl/α,β-unsaturated/α-hetero) is 1. The molecule has 1 atom stereocenters. The number of hydrogen-bond donors (Lipinski definition) is 2. The third kappa shape index (κ3) is 3.45. The third-order valence-corrected chi connectivity index (χ3v) is 2.53. The summed E-state index contributed by atoms with van der Waals surface area (Å²) >= 11 is 0. The van der Waals surface area contributed by atoms with E-state index in [4.69, 9.17) is 10.3 Å². The minimum absolute atomic E-state index is 0.0336. The highest BCUT2D eigenvalue weighted by Crippen LogP contribution is 2.03. The minimum atomic E-state index is -4.26. The minimum Gasteiger partial charge on any atom is -0.330 e. The van der Waals surface area contributed by atoms with E-state index in [1.54, 1.807) is 0 Å². The van der Waals surface area contributed by atoms with Gasteiger partial charge >= 0.3 is 0 Å². The first kappa shape index (κ1) is 10.5. The molecule has 0 fully saturated rings. The van der Waals surface area contributed by atoms with Gasteiger partial charge in [0, 0.05) is 0 Å². The second-order valence-corrected chi connectivity index (χ2v) is 3.79. The van der Waals surface area contributed by atoms with Gasteiger partial charge < -0.3 is 5.73 Å². The predicted molar refractivity (Wildman–Crippen MR) is 39.7 cm³/mol. The van der Waals surface area contributed by atoms with Crippen LogP contribution in [0.2, 0.25) is 0 Å². The molecule has 0 aromatic rings.